The van der Waals surface area contributed by atoms with Crippen LogP contribution in [0.5, 0.6) is 5.75 Å². The first-order valence-electron chi connectivity index (χ1n) is 9.99. The standard InChI is InChI=1S/C24H24FNO3/c25-19-11-9-17(10-12-19)16-29-23-8-4-1-5-20(23)18-13-14-26(24(28)15-18)21-6-2-3-7-22(21)27/h1,4-5,8-15,21-22,27H,2-3,6-7,16H2/t21-,22-/m0/s1. The maximum absolute atomic E-state index is 13.1. The molecule has 4 rings (SSSR count). The zero-order valence-electron chi connectivity index (χ0n) is 16.1. The van der Waals surface area contributed by atoms with Crippen molar-refractivity contribution >= 4 is 0 Å². The van der Waals surface area contributed by atoms with Crippen LogP contribution in [0.25, 0.3) is 11.1 Å². The quantitative estimate of drug-likeness (QED) is 0.683. The van der Waals surface area contributed by atoms with Crippen molar-refractivity contribution in [3.8, 4) is 16.9 Å². The van der Waals surface area contributed by atoms with Crippen molar-refractivity contribution in [2.24, 2.45) is 0 Å². The average Bonchev–Trinajstić information content (AvgIpc) is 2.74. The van der Waals surface area contributed by atoms with Crippen molar-refractivity contribution in [3.05, 3.63) is 88.6 Å². The van der Waals surface area contributed by atoms with Gasteiger partial charge in [-0.3, -0.25) is 4.79 Å². The number of rotatable bonds is 5. The van der Waals surface area contributed by atoms with Crippen LogP contribution in [0.15, 0.2) is 71.7 Å². The van der Waals surface area contributed by atoms with E-state index in [9.17, 15) is 14.3 Å². The molecule has 2 aromatic carbocycles. The van der Waals surface area contributed by atoms with Gasteiger partial charge in [0, 0.05) is 17.8 Å². The van der Waals surface area contributed by atoms with E-state index < -0.39 is 6.10 Å². The number of pyridine rings is 1. The SMILES string of the molecule is O=c1cc(-c2ccccc2OCc2ccc(F)cc2)ccn1[C@H]1CCCC[C@@H]1O. The zero-order chi connectivity index (χ0) is 20.2. The van der Waals surface area contributed by atoms with Crippen molar-refractivity contribution in [3.63, 3.8) is 0 Å². The molecule has 150 valence electrons. The van der Waals surface area contributed by atoms with E-state index in [1.165, 1.54) is 12.1 Å². The van der Waals surface area contributed by atoms with Crippen LogP contribution in [0, 0.1) is 5.82 Å². The maximum atomic E-state index is 13.1. The molecule has 0 radical (unpaired) electrons. The Balaban J connectivity index is 1.57. The van der Waals surface area contributed by atoms with Gasteiger partial charge in [-0.05, 0) is 48.2 Å². The third kappa shape index (κ3) is 4.40. The minimum atomic E-state index is -0.473. The number of aliphatic hydroxyl groups excluding tert-OH is 1. The lowest BCUT2D eigenvalue weighted by atomic mass is 9.92. The molecule has 1 aliphatic rings. The van der Waals surface area contributed by atoms with Crippen LogP contribution in [0.4, 0.5) is 4.39 Å². The lowest BCUT2D eigenvalue weighted by Crippen LogP contribution is -2.34. The van der Waals surface area contributed by atoms with Crippen LogP contribution in [-0.2, 0) is 6.61 Å². The number of hydrogen-bond acceptors (Lipinski definition) is 3. The molecule has 0 bridgehead atoms. The van der Waals surface area contributed by atoms with Crippen LogP contribution >= 0.6 is 0 Å². The van der Waals surface area contributed by atoms with Gasteiger partial charge in [-0.15, -0.1) is 0 Å². The summed E-state index contributed by atoms with van der Waals surface area (Å²) < 4.78 is 20.7. The van der Waals surface area contributed by atoms with Gasteiger partial charge in [-0.1, -0.05) is 43.2 Å². The highest BCUT2D eigenvalue weighted by Gasteiger charge is 2.25. The highest BCUT2D eigenvalue weighted by atomic mass is 19.1. The summed E-state index contributed by atoms with van der Waals surface area (Å²) in [5, 5.41) is 10.3. The fraction of sp³-hybridized carbons (Fsp3) is 0.292. The molecule has 3 aromatic rings. The molecule has 0 amide bonds. The summed E-state index contributed by atoms with van der Waals surface area (Å²) in [4.78, 5) is 12.8. The van der Waals surface area contributed by atoms with Crippen LogP contribution in [0.3, 0.4) is 0 Å². The van der Waals surface area contributed by atoms with Crippen LogP contribution in [0.2, 0.25) is 0 Å². The second kappa shape index (κ2) is 8.62. The molecule has 0 unspecified atom stereocenters. The number of halogens is 1. The van der Waals surface area contributed by atoms with Crippen LogP contribution in [-0.4, -0.2) is 15.8 Å². The molecule has 1 N–H and O–H groups in total. The minimum absolute atomic E-state index is 0.123. The average molecular weight is 393 g/mol. The lowest BCUT2D eigenvalue weighted by Gasteiger charge is -2.29. The van der Waals surface area contributed by atoms with Gasteiger partial charge in [0.1, 0.15) is 18.2 Å². The third-order valence-electron chi connectivity index (χ3n) is 5.51. The Labute approximate surface area is 169 Å². The van der Waals surface area contributed by atoms with Gasteiger partial charge in [0.25, 0.3) is 5.56 Å². The van der Waals surface area contributed by atoms with E-state index in [1.807, 2.05) is 30.3 Å². The number of benzene rings is 2. The molecule has 1 aliphatic carbocycles. The van der Waals surface area contributed by atoms with Crippen molar-refractivity contribution < 1.29 is 14.2 Å². The molecule has 1 fully saturated rings. The molecule has 5 heteroatoms. The summed E-state index contributed by atoms with van der Waals surface area (Å²) in [6.07, 6.45) is 4.88. The van der Waals surface area contributed by atoms with Gasteiger partial charge in [-0.2, -0.15) is 0 Å². The molecular formula is C24H24FNO3. The van der Waals surface area contributed by atoms with Crippen molar-refractivity contribution in [1.82, 2.24) is 4.57 Å². The third-order valence-corrected chi connectivity index (χ3v) is 5.51. The molecular weight excluding hydrogens is 369 g/mol. The summed E-state index contributed by atoms with van der Waals surface area (Å²) in [7, 11) is 0. The molecule has 29 heavy (non-hydrogen) atoms. The molecule has 4 nitrogen and oxygen atoms in total. The predicted octanol–water partition coefficient (Wildman–Crippen LogP) is 4.71. The minimum Gasteiger partial charge on any atom is -0.488 e. The predicted molar refractivity (Wildman–Crippen MR) is 110 cm³/mol. The van der Waals surface area contributed by atoms with Gasteiger partial charge in [0.05, 0.1) is 12.1 Å². The first kappa shape index (κ1) is 19.4. The van der Waals surface area contributed by atoms with Crippen LogP contribution < -0.4 is 10.3 Å². The second-order valence-corrected chi connectivity index (χ2v) is 7.49. The van der Waals surface area contributed by atoms with Gasteiger partial charge >= 0.3 is 0 Å². The maximum Gasteiger partial charge on any atom is 0.251 e. The second-order valence-electron chi connectivity index (χ2n) is 7.49. The summed E-state index contributed by atoms with van der Waals surface area (Å²) in [5.74, 6) is 0.379. The Hall–Kier alpha value is -2.92. The van der Waals surface area contributed by atoms with E-state index in [2.05, 4.69) is 0 Å². The van der Waals surface area contributed by atoms with Gasteiger partial charge in [0.15, 0.2) is 0 Å². The van der Waals surface area contributed by atoms with E-state index >= 15 is 0 Å². The Morgan fingerprint density at radius 2 is 1.79 bits per heavy atom. The smallest absolute Gasteiger partial charge is 0.251 e. The number of hydrogen-bond donors (Lipinski definition) is 1. The van der Waals surface area contributed by atoms with E-state index in [1.54, 1.807) is 29.0 Å². The first-order chi connectivity index (χ1) is 14.1. The van der Waals surface area contributed by atoms with E-state index in [-0.39, 0.29) is 17.4 Å². The number of nitrogens with zero attached hydrogens (tertiary/aromatic N) is 1. The van der Waals surface area contributed by atoms with Crippen molar-refractivity contribution in [2.75, 3.05) is 0 Å². The number of aliphatic hydroxyl groups is 1. The van der Waals surface area contributed by atoms with Crippen molar-refractivity contribution in [2.45, 2.75) is 44.4 Å². The Morgan fingerprint density at radius 3 is 2.55 bits per heavy atom. The summed E-state index contributed by atoms with van der Waals surface area (Å²) in [5.41, 5.74) is 2.33. The zero-order valence-corrected chi connectivity index (χ0v) is 16.1. The number of aromatic nitrogens is 1. The normalized spacial score (nSPS) is 19.1. The van der Waals surface area contributed by atoms with Crippen molar-refractivity contribution in [1.29, 1.82) is 0 Å². The molecule has 0 saturated heterocycles. The van der Waals surface area contributed by atoms with Gasteiger partial charge < -0.3 is 14.4 Å². The molecule has 2 atom stereocenters. The molecule has 1 heterocycles. The summed E-state index contributed by atoms with van der Waals surface area (Å²) in [6.45, 7) is 0.308. The van der Waals surface area contributed by atoms with Gasteiger partial charge in [-0.25, -0.2) is 4.39 Å². The lowest BCUT2D eigenvalue weighted by molar-refractivity contribution is 0.0738. The van der Waals surface area contributed by atoms with E-state index in [4.69, 9.17) is 4.74 Å². The summed E-state index contributed by atoms with van der Waals surface area (Å²) >= 11 is 0. The number of para-hydroxylation sites is 1. The number of ether oxygens (including phenoxy) is 1. The van der Waals surface area contributed by atoms with Gasteiger partial charge in [0.2, 0.25) is 0 Å². The van der Waals surface area contributed by atoms with E-state index in [0.717, 1.165) is 42.4 Å². The fourth-order valence-corrected chi connectivity index (χ4v) is 3.92. The first-order valence-corrected chi connectivity index (χ1v) is 9.99. The Bertz CT molecular complexity index is 1030. The Kier molecular flexibility index (Phi) is 5.76. The topological polar surface area (TPSA) is 51.5 Å². The molecule has 0 aliphatic heterocycles. The summed E-state index contributed by atoms with van der Waals surface area (Å²) in [6, 6.07) is 17.1. The largest absolute Gasteiger partial charge is 0.488 e. The highest BCUT2D eigenvalue weighted by Crippen LogP contribution is 2.31. The van der Waals surface area contributed by atoms with Crippen LogP contribution in [0.1, 0.15) is 37.3 Å². The fourth-order valence-electron chi connectivity index (χ4n) is 3.92. The molecule has 0 spiro atoms. The monoisotopic (exact) mass is 393 g/mol. The van der Waals surface area contributed by atoms with E-state index in [0.29, 0.717) is 12.4 Å². The molecule has 1 saturated carbocycles. The Morgan fingerprint density at radius 1 is 1.03 bits per heavy atom. The highest BCUT2D eigenvalue weighted by molar-refractivity contribution is 5.69. The molecule has 1 aromatic heterocycles.